The summed E-state index contributed by atoms with van der Waals surface area (Å²) in [5.74, 6) is 0.253. The van der Waals surface area contributed by atoms with Crippen LogP contribution in [0.4, 0.5) is 0 Å². The second kappa shape index (κ2) is 2.91. The monoisotopic (exact) mass is 178 g/mol. The Labute approximate surface area is 73.3 Å². The van der Waals surface area contributed by atoms with Crippen LogP contribution in [-0.4, -0.2) is 15.3 Å². The molecule has 2 aromatic rings. The van der Waals surface area contributed by atoms with Crippen LogP contribution in [0.5, 0.6) is 5.75 Å². The average molecular weight is 178 g/mol. The summed E-state index contributed by atoms with van der Waals surface area (Å²) in [5, 5.41) is 17.6. The van der Waals surface area contributed by atoms with Gasteiger partial charge in [0.25, 0.3) is 0 Å². The van der Waals surface area contributed by atoms with E-state index in [1.807, 2.05) is 6.07 Å². The molecule has 60 valence electrons. The van der Waals surface area contributed by atoms with Crippen molar-refractivity contribution in [3.05, 3.63) is 29.8 Å². The Bertz CT molecular complexity index is 372. The second-order valence-corrected chi connectivity index (χ2v) is 3.13. The third-order valence-electron chi connectivity index (χ3n) is 1.45. The van der Waals surface area contributed by atoms with Gasteiger partial charge in [-0.25, -0.2) is 0 Å². The van der Waals surface area contributed by atoms with Gasteiger partial charge in [-0.2, -0.15) is 0 Å². The molecule has 0 bridgehead atoms. The van der Waals surface area contributed by atoms with Gasteiger partial charge < -0.3 is 5.11 Å². The Balaban J connectivity index is 2.48. The van der Waals surface area contributed by atoms with Crippen LogP contribution in [0.3, 0.4) is 0 Å². The summed E-state index contributed by atoms with van der Waals surface area (Å²) in [6.07, 6.45) is 0. The maximum Gasteiger partial charge on any atom is 0.147 e. The van der Waals surface area contributed by atoms with E-state index >= 15 is 0 Å². The van der Waals surface area contributed by atoms with Crippen LogP contribution in [-0.2, 0) is 0 Å². The van der Waals surface area contributed by atoms with E-state index in [1.165, 1.54) is 11.3 Å². The van der Waals surface area contributed by atoms with E-state index in [1.54, 1.807) is 23.7 Å². The van der Waals surface area contributed by atoms with Gasteiger partial charge in [0.05, 0.1) is 0 Å². The van der Waals surface area contributed by atoms with E-state index in [0.717, 1.165) is 10.6 Å². The molecule has 0 fully saturated rings. The molecule has 0 amide bonds. The molecule has 0 atom stereocenters. The summed E-state index contributed by atoms with van der Waals surface area (Å²) in [5.41, 5.74) is 2.57. The minimum atomic E-state index is 0.253. The van der Waals surface area contributed by atoms with Crippen molar-refractivity contribution in [2.24, 2.45) is 0 Å². The maximum atomic E-state index is 9.17. The molecule has 0 saturated heterocycles. The van der Waals surface area contributed by atoms with E-state index in [9.17, 15) is 0 Å². The fourth-order valence-electron chi connectivity index (χ4n) is 0.938. The van der Waals surface area contributed by atoms with Crippen LogP contribution in [0.2, 0.25) is 0 Å². The van der Waals surface area contributed by atoms with Crippen LogP contribution in [0.15, 0.2) is 29.8 Å². The summed E-state index contributed by atoms with van der Waals surface area (Å²) in [7, 11) is 0. The van der Waals surface area contributed by atoms with Crippen LogP contribution in [0.1, 0.15) is 0 Å². The molecule has 0 spiro atoms. The first kappa shape index (κ1) is 7.24. The molecular formula is C8H6N2OS. The number of nitrogens with zero attached hydrogens (tertiary/aromatic N) is 2. The van der Waals surface area contributed by atoms with Gasteiger partial charge in [0, 0.05) is 5.56 Å². The standard InChI is InChI=1S/C8H6N2OS/c11-7-3-1-2-6(4-7)8-10-9-5-12-8/h1-5,11H. The first-order valence-electron chi connectivity index (χ1n) is 3.42. The lowest BCUT2D eigenvalue weighted by Crippen LogP contribution is -1.75. The Kier molecular flexibility index (Phi) is 1.75. The average Bonchev–Trinajstić information content (AvgIpc) is 2.56. The predicted octanol–water partition coefficient (Wildman–Crippen LogP) is 1.91. The van der Waals surface area contributed by atoms with E-state index in [0.29, 0.717) is 0 Å². The summed E-state index contributed by atoms with van der Waals surface area (Å²) in [6.45, 7) is 0. The van der Waals surface area contributed by atoms with Gasteiger partial charge in [0.1, 0.15) is 16.3 Å². The normalized spacial score (nSPS) is 10.0. The van der Waals surface area contributed by atoms with E-state index in [-0.39, 0.29) is 5.75 Å². The van der Waals surface area contributed by atoms with Crippen molar-refractivity contribution in [3.63, 3.8) is 0 Å². The van der Waals surface area contributed by atoms with Crippen molar-refractivity contribution in [3.8, 4) is 16.3 Å². The number of benzene rings is 1. The highest BCUT2D eigenvalue weighted by atomic mass is 32.1. The van der Waals surface area contributed by atoms with E-state index in [2.05, 4.69) is 10.2 Å². The third kappa shape index (κ3) is 1.29. The lowest BCUT2D eigenvalue weighted by atomic mass is 10.2. The quantitative estimate of drug-likeness (QED) is 0.725. The van der Waals surface area contributed by atoms with Crippen molar-refractivity contribution in [1.29, 1.82) is 0 Å². The number of hydrogen-bond acceptors (Lipinski definition) is 4. The zero-order chi connectivity index (χ0) is 8.39. The van der Waals surface area contributed by atoms with Crippen molar-refractivity contribution in [2.75, 3.05) is 0 Å². The van der Waals surface area contributed by atoms with Gasteiger partial charge in [0.15, 0.2) is 0 Å². The number of aromatic nitrogens is 2. The second-order valence-electron chi connectivity index (χ2n) is 2.29. The smallest absolute Gasteiger partial charge is 0.147 e. The van der Waals surface area contributed by atoms with Crippen LogP contribution in [0.25, 0.3) is 10.6 Å². The topological polar surface area (TPSA) is 46.0 Å². The Hall–Kier alpha value is -1.42. The number of hydrogen-bond donors (Lipinski definition) is 1. The fourth-order valence-corrected chi connectivity index (χ4v) is 1.49. The first-order chi connectivity index (χ1) is 5.86. The number of phenolic OH excluding ortho intramolecular Hbond substituents is 1. The molecular weight excluding hydrogens is 172 g/mol. The van der Waals surface area contributed by atoms with E-state index in [4.69, 9.17) is 5.11 Å². The predicted molar refractivity (Wildman–Crippen MR) is 47.0 cm³/mol. The molecule has 1 N–H and O–H groups in total. The summed E-state index contributed by atoms with van der Waals surface area (Å²) >= 11 is 1.45. The van der Waals surface area contributed by atoms with Crippen molar-refractivity contribution >= 4 is 11.3 Å². The molecule has 0 radical (unpaired) electrons. The van der Waals surface area contributed by atoms with Crippen LogP contribution in [0, 0.1) is 0 Å². The fraction of sp³-hybridized carbons (Fsp3) is 0. The minimum Gasteiger partial charge on any atom is -0.508 e. The molecule has 0 unspecified atom stereocenters. The lowest BCUT2D eigenvalue weighted by Gasteiger charge is -1.94. The lowest BCUT2D eigenvalue weighted by molar-refractivity contribution is 0.475. The van der Waals surface area contributed by atoms with Gasteiger partial charge in [-0.3, -0.25) is 0 Å². The molecule has 1 aromatic heterocycles. The summed E-state index contributed by atoms with van der Waals surface area (Å²) in [4.78, 5) is 0. The largest absolute Gasteiger partial charge is 0.508 e. The van der Waals surface area contributed by atoms with Gasteiger partial charge in [0.2, 0.25) is 0 Å². The number of aromatic hydroxyl groups is 1. The van der Waals surface area contributed by atoms with Crippen LogP contribution < -0.4 is 0 Å². The SMILES string of the molecule is Oc1cccc(-c2nncs2)c1. The summed E-state index contributed by atoms with van der Waals surface area (Å²) in [6, 6.07) is 6.97. The zero-order valence-electron chi connectivity index (χ0n) is 6.14. The zero-order valence-corrected chi connectivity index (χ0v) is 6.95. The maximum absolute atomic E-state index is 9.17. The van der Waals surface area contributed by atoms with Crippen LogP contribution >= 0.6 is 11.3 Å². The van der Waals surface area contributed by atoms with Gasteiger partial charge >= 0.3 is 0 Å². The molecule has 0 aliphatic carbocycles. The molecule has 2 rings (SSSR count). The Morgan fingerprint density at radius 3 is 2.92 bits per heavy atom. The van der Waals surface area contributed by atoms with E-state index < -0.39 is 0 Å². The first-order valence-corrected chi connectivity index (χ1v) is 4.30. The highest BCUT2D eigenvalue weighted by Gasteiger charge is 2.00. The molecule has 1 aromatic carbocycles. The van der Waals surface area contributed by atoms with Crippen molar-refractivity contribution < 1.29 is 5.11 Å². The Morgan fingerprint density at radius 1 is 1.33 bits per heavy atom. The summed E-state index contributed by atoms with van der Waals surface area (Å²) < 4.78 is 0. The Morgan fingerprint density at radius 2 is 2.25 bits per heavy atom. The highest BCUT2D eigenvalue weighted by Crippen LogP contribution is 2.23. The molecule has 0 aliphatic rings. The minimum absolute atomic E-state index is 0.253. The molecule has 4 heteroatoms. The number of rotatable bonds is 1. The third-order valence-corrected chi connectivity index (χ3v) is 2.19. The molecule has 0 saturated carbocycles. The number of phenols is 1. The van der Waals surface area contributed by atoms with Crippen molar-refractivity contribution in [2.45, 2.75) is 0 Å². The molecule has 0 aliphatic heterocycles. The molecule has 1 heterocycles. The molecule has 3 nitrogen and oxygen atoms in total. The molecule has 12 heavy (non-hydrogen) atoms. The highest BCUT2D eigenvalue weighted by molar-refractivity contribution is 7.12. The van der Waals surface area contributed by atoms with Gasteiger partial charge in [-0.1, -0.05) is 23.5 Å². The van der Waals surface area contributed by atoms with Crippen molar-refractivity contribution in [1.82, 2.24) is 10.2 Å². The van der Waals surface area contributed by atoms with Gasteiger partial charge in [-0.15, -0.1) is 10.2 Å². The van der Waals surface area contributed by atoms with Gasteiger partial charge in [-0.05, 0) is 12.1 Å².